The lowest BCUT2D eigenvalue weighted by Gasteiger charge is -2.22. The molecule has 19 heavy (non-hydrogen) atoms. The molecule has 0 aromatic heterocycles. The number of methoxy groups -OCH3 is 2. The van der Waals surface area contributed by atoms with Gasteiger partial charge in [-0.15, -0.1) is 0 Å². The van der Waals surface area contributed by atoms with Crippen molar-refractivity contribution in [2.24, 2.45) is 0 Å². The number of nitrogens with one attached hydrogen (secondary N) is 1. The van der Waals surface area contributed by atoms with Crippen LogP contribution in [0.4, 0.5) is 0 Å². The van der Waals surface area contributed by atoms with E-state index in [4.69, 9.17) is 14.6 Å². The van der Waals surface area contributed by atoms with Gasteiger partial charge < -0.3 is 25.0 Å². The van der Waals surface area contributed by atoms with Crippen molar-refractivity contribution in [1.29, 1.82) is 0 Å². The van der Waals surface area contributed by atoms with E-state index in [1.165, 1.54) is 7.11 Å². The summed E-state index contributed by atoms with van der Waals surface area (Å²) in [5, 5.41) is 21.5. The molecule has 3 N–H and O–H groups in total. The number of ether oxygens (including phenoxy) is 2. The fourth-order valence-electron chi connectivity index (χ4n) is 1.69. The molecule has 2 atom stereocenters. The number of hydrogen-bond donors (Lipinski definition) is 3. The molecule has 0 aliphatic carbocycles. The molecule has 0 saturated carbocycles. The SMILES string of the molecule is COc1ccc(C(O)C(C)NCC(=O)O)c(OC)c1. The summed E-state index contributed by atoms with van der Waals surface area (Å²) in [4.78, 5) is 10.5. The highest BCUT2D eigenvalue weighted by Crippen LogP contribution is 2.30. The smallest absolute Gasteiger partial charge is 0.317 e. The molecule has 0 aliphatic rings. The molecular formula is C13H19NO5. The first-order valence-electron chi connectivity index (χ1n) is 5.84. The minimum Gasteiger partial charge on any atom is -0.497 e. The van der Waals surface area contributed by atoms with Crippen molar-refractivity contribution in [2.75, 3.05) is 20.8 Å². The van der Waals surface area contributed by atoms with Gasteiger partial charge in [0.15, 0.2) is 0 Å². The lowest BCUT2D eigenvalue weighted by atomic mass is 10.0. The lowest BCUT2D eigenvalue weighted by molar-refractivity contribution is -0.136. The molecule has 0 spiro atoms. The molecule has 0 heterocycles. The molecule has 0 fully saturated rings. The van der Waals surface area contributed by atoms with Crippen molar-refractivity contribution in [1.82, 2.24) is 5.32 Å². The summed E-state index contributed by atoms with van der Waals surface area (Å²) in [7, 11) is 3.04. The number of carboxylic acids is 1. The monoisotopic (exact) mass is 269 g/mol. The first-order chi connectivity index (χ1) is 8.99. The molecule has 0 amide bonds. The number of aliphatic hydroxyl groups excluding tert-OH is 1. The van der Waals surface area contributed by atoms with Crippen molar-refractivity contribution in [3.05, 3.63) is 23.8 Å². The fourth-order valence-corrected chi connectivity index (χ4v) is 1.69. The molecule has 0 radical (unpaired) electrons. The van der Waals surface area contributed by atoms with E-state index in [1.54, 1.807) is 32.2 Å². The van der Waals surface area contributed by atoms with Gasteiger partial charge in [0.25, 0.3) is 0 Å². The predicted octanol–water partition coefficient (Wildman–Crippen LogP) is 0.800. The molecule has 2 unspecified atom stereocenters. The van der Waals surface area contributed by atoms with Gasteiger partial charge in [-0.2, -0.15) is 0 Å². The summed E-state index contributed by atoms with van der Waals surface area (Å²) in [5.41, 5.74) is 0.577. The lowest BCUT2D eigenvalue weighted by Crippen LogP contribution is -2.36. The zero-order chi connectivity index (χ0) is 14.4. The van der Waals surface area contributed by atoms with Gasteiger partial charge in [0.2, 0.25) is 0 Å². The first-order valence-corrected chi connectivity index (χ1v) is 5.84. The van der Waals surface area contributed by atoms with Crippen molar-refractivity contribution < 1.29 is 24.5 Å². The molecule has 0 aliphatic heterocycles. The van der Waals surface area contributed by atoms with Gasteiger partial charge >= 0.3 is 5.97 Å². The summed E-state index contributed by atoms with van der Waals surface area (Å²) in [5.74, 6) is 0.149. The second kappa shape index (κ2) is 6.96. The number of carbonyl (C=O) groups is 1. The van der Waals surface area contributed by atoms with Crippen LogP contribution < -0.4 is 14.8 Å². The van der Waals surface area contributed by atoms with Crippen LogP contribution in [-0.4, -0.2) is 43.0 Å². The molecule has 106 valence electrons. The van der Waals surface area contributed by atoms with Crippen molar-refractivity contribution in [3.8, 4) is 11.5 Å². The maximum atomic E-state index is 10.5. The number of benzene rings is 1. The van der Waals surface area contributed by atoms with Gasteiger partial charge in [-0.1, -0.05) is 0 Å². The van der Waals surface area contributed by atoms with Crippen LogP contribution in [0, 0.1) is 0 Å². The van der Waals surface area contributed by atoms with Crippen molar-refractivity contribution in [2.45, 2.75) is 19.1 Å². The summed E-state index contributed by atoms with van der Waals surface area (Å²) in [6.45, 7) is 1.49. The average molecular weight is 269 g/mol. The quantitative estimate of drug-likeness (QED) is 0.678. The third-order valence-corrected chi connectivity index (χ3v) is 2.81. The Kier molecular flexibility index (Phi) is 5.59. The van der Waals surface area contributed by atoms with Crippen LogP contribution in [0.1, 0.15) is 18.6 Å². The third-order valence-electron chi connectivity index (χ3n) is 2.81. The first kappa shape index (κ1) is 15.3. The van der Waals surface area contributed by atoms with Crippen LogP contribution in [0.25, 0.3) is 0 Å². The van der Waals surface area contributed by atoms with Gasteiger partial charge in [0, 0.05) is 17.7 Å². The Labute approximate surface area is 112 Å². The number of aliphatic hydroxyl groups is 1. The van der Waals surface area contributed by atoms with E-state index in [-0.39, 0.29) is 6.54 Å². The van der Waals surface area contributed by atoms with Crippen LogP contribution in [0.5, 0.6) is 11.5 Å². The Morgan fingerprint density at radius 2 is 2.05 bits per heavy atom. The summed E-state index contributed by atoms with van der Waals surface area (Å²) in [6.07, 6.45) is -0.875. The molecule has 6 nitrogen and oxygen atoms in total. The van der Waals surface area contributed by atoms with Crippen LogP contribution in [0.2, 0.25) is 0 Å². The minimum atomic E-state index is -0.972. The van der Waals surface area contributed by atoms with E-state index in [2.05, 4.69) is 5.32 Å². The van der Waals surface area contributed by atoms with Crippen molar-refractivity contribution >= 4 is 5.97 Å². The highest BCUT2D eigenvalue weighted by molar-refractivity contribution is 5.69. The molecule has 1 rings (SSSR count). The Hall–Kier alpha value is -1.79. The van der Waals surface area contributed by atoms with Gasteiger partial charge in [0.1, 0.15) is 11.5 Å². The minimum absolute atomic E-state index is 0.212. The van der Waals surface area contributed by atoms with E-state index in [9.17, 15) is 9.90 Å². The third kappa shape index (κ3) is 4.11. The van der Waals surface area contributed by atoms with Crippen LogP contribution in [0.3, 0.4) is 0 Å². The second-order valence-corrected chi connectivity index (χ2v) is 4.12. The second-order valence-electron chi connectivity index (χ2n) is 4.12. The number of hydrogen-bond acceptors (Lipinski definition) is 5. The van der Waals surface area contributed by atoms with E-state index >= 15 is 0 Å². The molecule has 6 heteroatoms. The number of carboxylic acid groups (broad SMARTS) is 1. The molecular weight excluding hydrogens is 250 g/mol. The van der Waals surface area contributed by atoms with Crippen LogP contribution in [-0.2, 0) is 4.79 Å². The molecule has 0 bridgehead atoms. The Balaban J connectivity index is 2.85. The maximum Gasteiger partial charge on any atom is 0.317 e. The summed E-state index contributed by atoms with van der Waals surface area (Å²) in [6, 6.07) is 4.66. The Morgan fingerprint density at radius 1 is 1.37 bits per heavy atom. The van der Waals surface area contributed by atoms with Crippen LogP contribution >= 0.6 is 0 Å². The van der Waals surface area contributed by atoms with Crippen LogP contribution in [0.15, 0.2) is 18.2 Å². The summed E-state index contributed by atoms with van der Waals surface area (Å²) >= 11 is 0. The van der Waals surface area contributed by atoms with Gasteiger partial charge in [0.05, 0.1) is 26.9 Å². The topological polar surface area (TPSA) is 88.0 Å². The van der Waals surface area contributed by atoms with Gasteiger partial charge in [-0.25, -0.2) is 0 Å². The van der Waals surface area contributed by atoms with Gasteiger partial charge in [-0.05, 0) is 19.1 Å². The van der Waals surface area contributed by atoms with E-state index in [0.29, 0.717) is 17.1 Å². The Bertz CT molecular complexity index is 435. The zero-order valence-electron chi connectivity index (χ0n) is 11.2. The van der Waals surface area contributed by atoms with E-state index < -0.39 is 18.1 Å². The highest BCUT2D eigenvalue weighted by atomic mass is 16.5. The van der Waals surface area contributed by atoms with E-state index in [1.807, 2.05) is 0 Å². The van der Waals surface area contributed by atoms with E-state index in [0.717, 1.165) is 0 Å². The largest absolute Gasteiger partial charge is 0.497 e. The highest BCUT2D eigenvalue weighted by Gasteiger charge is 2.20. The Morgan fingerprint density at radius 3 is 2.58 bits per heavy atom. The maximum absolute atomic E-state index is 10.5. The van der Waals surface area contributed by atoms with Crippen molar-refractivity contribution in [3.63, 3.8) is 0 Å². The van der Waals surface area contributed by atoms with Gasteiger partial charge in [-0.3, -0.25) is 4.79 Å². The molecule has 0 saturated heterocycles. The average Bonchev–Trinajstić information content (AvgIpc) is 2.42. The molecule has 1 aromatic carbocycles. The fraction of sp³-hybridized carbons (Fsp3) is 0.462. The zero-order valence-corrected chi connectivity index (χ0v) is 11.2. The standard InChI is InChI=1S/C13H19NO5/c1-8(14-7-12(15)16)13(17)10-5-4-9(18-2)6-11(10)19-3/h4-6,8,13-14,17H,7H2,1-3H3,(H,15,16). The predicted molar refractivity (Wildman–Crippen MR) is 69.6 cm³/mol. The number of aliphatic carboxylic acids is 1. The molecule has 1 aromatic rings. The summed E-state index contributed by atoms with van der Waals surface area (Å²) < 4.78 is 10.3. The number of rotatable bonds is 7. The normalized spacial score (nSPS) is 13.7.